The molecule has 0 saturated carbocycles. The number of hydrogen-bond acceptors (Lipinski definition) is 5. The van der Waals surface area contributed by atoms with Gasteiger partial charge in [0.2, 0.25) is 0 Å². The van der Waals surface area contributed by atoms with Crippen LogP contribution in [0.2, 0.25) is 5.02 Å². The summed E-state index contributed by atoms with van der Waals surface area (Å²) < 4.78 is 32.9. The quantitative estimate of drug-likeness (QED) is 0.695. The van der Waals surface area contributed by atoms with E-state index >= 15 is 0 Å². The maximum absolute atomic E-state index is 12.5. The molecule has 3 rings (SSSR count). The van der Waals surface area contributed by atoms with Crippen molar-refractivity contribution in [1.82, 2.24) is 10.2 Å². The largest absolute Gasteiger partial charge is 0.484 e. The smallest absolute Gasteiger partial charge is 0.261 e. The molecule has 7 nitrogen and oxygen atoms in total. The highest BCUT2D eigenvalue weighted by molar-refractivity contribution is 7.92. The summed E-state index contributed by atoms with van der Waals surface area (Å²) in [4.78, 5) is 14.4. The second-order valence-corrected chi connectivity index (χ2v) is 9.14. The third-order valence-electron chi connectivity index (χ3n) is 4.68. The van der Waals surface area contributed by atoms with Crippen LogP contribution in [0.3, 0.4) is 0 Å². The Bertz CT molecular complexity index is 925. The first kappa shape index (κ1) is 21.4. The third-order valence-corrected chi connectivity index (χ3v) is 6.33. The van der Waals surface area contributed by atoms with Crippen LogP contribution in [0, 0.1) is 0 Å². The molecule has 1 amide bonds. The zero-order chi connectivity index (χ0) is 20.9. The number of nitrogens with one attached hydrogen (secondary N) is 2. The summed E-state index contributed by atoms with van der Waals surface area (Å²) in [6, 6.07) is 12.5. The minimum Gasteiger partial charge on any atom is -0.484 e. The minimum atomic E-state index is -3.73. The van der Waals surface area contributed by atoms with E-state index in [0.29, 0.717) is 16.5 Å². The van der Waals surface area contributed by atoms with Gasteiger partial charge >= 0.3 is 0 Å². The fraction of sp³-hybridized carbons (Fsp3) is 0.350. The van der Waals surface area contributed by atoms with E-state index in [2.05, 4.69) is 22.0 Å². The van der Waals surface area contributed by atoms with E-state index in [4.69, 9.17) is 16.3 Å². The molecule has 156 valence electrons. The number of halogens is 1. The Morgan fingerprint density at radius 2 is 1.72 bits per heavy atom. The molecule has 2 aromatic rings. The molecule has 0 radical (unpaired) electrons. The lowest BCUT2D eigenvalue weighted by atomic mass is 10.1. The number of anilines is 1. The molecule has 1 aliphatic heterocycles. The van der Waals surface area contributed by atoms with Gasteiger partial charge in [0, 0.05) is 16.8 Å². The molecule has 1 fully saturated rings. The predicted octanol–water partition coefficient (Wildman–Crippen LogP) is 2.73. The summed E-state index contributed by atoms with van der Waals surface area (Å²) in [5.41, 5.74) is 0.417. The van der Waals surface area contributed by atoms with Gasteiger partial charge in [0.25, 0.3) is 15.9 Å². The van der Waals surface area contributed by atoms with E-state index in [9.17, 15) is 13.2 Å². The van der Waals surface area contributed by atoms with Gasteiger partial charge in [-0.15, -0.1) is 0 Å². The number of likely N-dealkylation sites (tertiary alicyclic amines) is 1. The molecule has 1 heterocycles. The standard InChI is InChI=1S/C20H24ClN3O4S/c1-24-12-10-16(11-13-24)22-20(25)14-28-18-6-8-19(9-7-18)29(26,27)23-17-4-2-15(21)3-5-17/h2-9,16,23H,10-14H2,1H3,(H,22,25). The van der Waals surface area contributed by atoms with Gasteiger partial charge in [-0.3, -0.25) is 9.52 Å². The van der Waals surface area contributed by atoms with Gasteiger partial charge in [-0.25, -0.2) is 8.42 Å². The summed E-state index contributed by atoms with van der Waals surface area (Å²) in [5, 5.41) is 3.49. The number of carbonyl (C=O) groups excluding carboxylic acids is 1. The molecule has 0 unspecified atom stereocenters. The van der Waals surface area contributed by atoms with Gasteiger partial charge in [-0.05, 0) is 81.5 Å². The van der Waals surface area contributed by atoms with Crippen molar-refractivity contribution in [1.29, 1.82) is 0 Å². The Labute approximate surface area is 176 Å². The van der Waals surface area contributed by atoms with E-state index in [1.165, 1.54) is 24.3 Å². The number of sulfonamides is 1. The van der Waals surface area contributed by atoms with Crippen molar-refractivity contribution in [2.24, 2.45) is 0 Å². The van der Waals surface area contributed by atoms with Crippen molar-refractivity contribution in [2.75, 3.05) is 31.5 Å². The molecule has 0 atom stereocenters. The third kappa shape index (κ3) is 6.35. The maximum Gasteiger partial charge on any atom is 0.261 e. The molecule has 0 aliphatic carbocycles. The number of ether oxygens (including phenoxy) is 1. The van der Waals surface area contributed by atoms with Gasteiger partial charge in [-0.2, -0.15) is 0 Å². The summed E-state index contributed by atoms with van der Waals surface area (Å²) in [6.07, 6.45) is 1.85. The van der Waals surface area contributed by atoms with Gasteiger partial charge in [0.05, 0.1) is 4.90 Å². The van der Waals surface area contributed by atoms with Crippen LogP contribution >= 0.6 is 11.6 Å². The average molecular weight is 438 g/mol. The number of hydrogen-bond donors (Lipinski definition) is 2. The number of carbonyl (C=O) groups is 1. The fourth-order valence-electron chi connectivity index (χ4n) is 3.02. The van der Waals surface area contributed by atoms with Gasteiger partial charge in [-0.1, -0.05) is 11.6 Å². The van der Waals surface area contributed by atoms with Crippen molar-refractivity contribution in [3.8, 4) is 5.75 Å². The van der Waals surface area contributed by atoms with Crippen LogP contribution in [0.25, 0.3) is 0 Å². The number of nitrogens with zero attached hydrogens (tertiary/aromatic N) is 1. The molecular weight excluding hydrogens is 414 g/mol. The zero-order valence-electron chi connectivity index (χ0n) is 16.1. The average Bonchev–Trinajstić information content (AvgIpc) is 2.70. The van der Waals surface area contributed by atoms with E-state index in [-0.39, 0.29) is 23.5 Å². The highest BCUT2D eigenvalue weighted by atomic mass is 35.5. The number of rotatable bonds is 7. The molecule has 1 aliphatic rings. The topological polar surface area (TPSA) is 87.7 Å². The van der Waals surface area contributed by atoms with Crippen LogP contribution in [0.1, 0.15) is 12.8 Å². The number of amides is 1. The Morgan fingerprint density at radius 3 is 2.34 bits per heavy atom. The Kier molecular flexibility index (Phi) is 7.00. The van der Waals surface area contributed by atoms with E-state index in [1.54, 1.807) is 24.3 Å². The van der Waals surface area contributed by atoms with Crippen LogP contribution in [0.4, 0.5) is 5.69 Å². The number of benzene rings is 2. The molecule has 2 aromatic carbocycles. The highest BCUT2D eigenvalue weighted by Gasteiger charge is 2.19. The van der Waals surface area contributed by atoms with Crippen molar-refractivity contribution in [3.05, 3.63) is 53.6 Å². The SMILES string of the molecule is CN1CCC(NC(=O)COc2ccc(S(=O)(=O)Nc3ccc(Cl)cc3)cc2)CC1. The maximum atomic E-state index is 12.5. The summed E-state index contributed by atoms with van der Waals surface area (Å²) >= 11 is 5.81. The first-order valence-corrected chi connectivity index (χ1v) is 11.2. The zero-order valence-corrected chi connectivity index (χ0v) is 17.7. The van der Waals surface area contributed by atoms with Crippen molar-refractivity contribution >= 4 is 33.2 Å². The highest BCUT2D eigenvalue weighted by Crippen LogP contribution is 2.20. The summed E-state index contributed by atoms with van der Waals surface area (Å²) in [7, 11) is -1.66. The van der Waals surface area contributed by atoms with Gasteiger partial charge in [0.1, 0.15) is 5.75 Å². The number of piperidine rings is 1. The lowest BCUT2D eigenvalue weighted by Crippen LogP contribution is -2.44. The first-order valence-electron chi connectivity index (χ1n) is 9.31. The molecule has 0 spiro atoms. The molecule has 0 aromatic heterocycles. The normalized spacial score (nSPS) is 15.7. The molecule has 9 heteroatoms. The van der Waals surface area contributed by atoms with Gasteiger partial charge < -0.3 is 15.0 Å². The van der Waals surface area contributed by atoms with E-state index < -0.39 is 10.0 Å². The van der Waals surface area contributed by atoms with Crippen LogP contribution < -0.4 is 14.8 Å². The molecular formula is C20H24ClN3O4S. The Balaban J connectivity index is 1.51. The van der Waals surface area contributed by atoms with Crippen LogP contribution in [0.15, 0.2) is 53.4 Å². The second-order valence-electron chi connectivity index (χ2n) is 7.02. The summed E-state index contributed by atoms with van der Waals surface area (Å²) in [6.45, 7) is 1.82. The molecule has 1 saturated heterocycles. The van der Waals surface area contributed by atoms with Crippen LogP contribution in [-0.2, 0) is 14.8 Å². The molecule has 29 heavy (non-hydrogen) atoms. The fourth-order valence-corrected chi connectivity index (χ4v) is 4.20. The van der Waals surface area contributed by atoms with Gasteiger partial charge in [0.15, 0.2) is 6.61 Å². The predicted molar refractivity (Wildman–Crippen MR) is 113 cm³/mol. The lowest BCUT2D eigenvalue weighted by Gasteiger charge is -2.29. The monoisotopic (exact) mass is 437 g/mol. The van der Waals surface area contributed by atoms with Crippen LogP contribution in [0.5, 0.6) is 5.75 Å². The summed E-state index contributed by atoms with van der Waals surface area (Å²) in [5.74, 6) is 0.245. The minimum absolute atomic E-state index is 0.0931. The molecule has 0 bridgehead atoms. The first-order chi connectivity index (χ1) is 13.8. The van der Waals surface area contributed by atoms with Crippen molar-refractivity contribution < 1.29 is 17.9 Å². The van der Waals surface area contributed by atoms with E-state index in [1.807, 2.05) is 0 Å². The second kappa shape index (κ2) is 9.47. The van der Waals surface area contributed by atoms with Crippen molar-refractivity contribution in [2.45, 2.75) is 23.8 Å². The molecule has 2 N–H and O–H groups in total. The van der Waals surface area contributed by atoms with Crippen LogP contribution in [-0.4, -0.2) is 52.0 Å². The van der Waals surface area contributed by atoms with E-state index in [0.717, 1.165) is 25.9 Å². The Morgan fingerprint density at radius 1 is 1.10 bits per heavy atom. The Hall–Kier alpha value is -2.29. The lowest BCUT2D eigenvalue weighted by molar-refractivity contribution is -0.124. The van der Waals surface area contributed by atoms with Crippen molar-refractivity contribution in [3.63, 3.8) is 0 Å².